The van der Waals surface area contributed by atoms with E-state index in [1.54, 1.807) is 12.4 Å². The minimum absolute atomic E-state index is 0.0555. The summed E-state index contributed by atoms with van der Waals surface area (Å²) in [5.74, 6) is 0.518. The maximum absolute atomic E-state index is 12.5. The number of ether oxygens (including phenoxy) is 1. The number of hydrogen-bond acceptors (Lipinski definition) is 7. The zero-order valence-electron chi connectivity index (χ0n) is 19.3. The molecule has 1 atom stereocenters. The van der Waals surface area contributed by atoms with E-state index in [-0.39, 0.29) is 12.1 Å². The van der Waals surface area contributed by atoms with Crippen LogP contribution in [-0.4, -0.2) is 64.0 Å². The van der Waals surface area contributed by atoms with E-state index in [0.29, 0.717) is 19.0 Å². The lowest BCUT2D eigenvalue weighted by atomic mass is 9.81. The summed E-state index contributed by atoms with van der Waals surface area (Å²) in [5, 5.41) is 3.26. The lowest BCUT2D eigenvalue weighted by molar-refractivity contribution is 0.00578. The second kappa shape index (κ2) is 8.34. The van der Waals surface area contributed by atoms with Crippen LogP contribution in [0.5, 0.6) is 0 Å². The van der Waals surface area contributed by atoms with Crippen molar-refractivity contribution in [2.24, 2.45) is 0 Å². The van der Waals surface area contributed by atoms with Crippen molar-refractivity contribution in [2.75, 3.05) is 18.4 Å². The molecule has 2 fully saturated rings. The van der Waals surface area contributed by atoms with E-state index in [9.17, 15) is 4.79 Å². The van der Waals surface area contributed by atoms with E-state index in [4.69, 9.17) is 14.0 Å². The number of carbonyl (C=O) groups is 1. The molecule has 1 aromatic heterocycles. The fraction of sp³-hybridized carbons (Fsp3) is 0.762. The molecule has 0 radical (unpaired) electrons. The number of likely N-dealkylation sites (tertiary alicyclic amines) is 1. The molecule has 2 saturated heterocycles. The Bertz CT molecular complexity index is 732. The third-order valence-electron chi connectivity index (χ3n) is 5.95. The summed E-state index contributed by atoms with van der Waals surface area (Å²) in [6, 6.07) is 0.0555. The number of hydrogen-bond donors (Lipinski definition) is 1. The maximum atomic E-state index is 12.5. The highest BCUT2D eigenvalue weighted by atomic mass is 16.7. The van der Waals surface area contributed by atoms with Crippen LogP contribution < -0.4 is 10.8 Å². The number of amides is 1. The van der Waals surface area contributed by atoms with Crippen molar-refractivity contribution in [1.29, 1.82) is 0 Å². The third-order valence-corrected chi connectivity index (χ3v) is 5.95. The predicted octanol–water partition coefficient (Wildman–Crippen LogP) is 2.98. The van der Waals surface area contributed by atoms with Crippen LogP contribution in [0.15, 0.2) is 12.4 Å². The Morgan fingerprint density at radius 2 is 1.80 bits per heavy atom. The largest absolute Gasteiger partial charge is 0.498 e. The second-order valence-electron chi connectivity index (χ2n) is 10.1. The molecule has 0 aromatic carbocycles. The van der Waals surface area contributed by atoms with Gasteiger partial charge in [-0.2, -0.15) is 0 Å². The normalized spacial score (nSPS) is 23.4. The Labute approximate surface area is 180 Å². The fourth-order valence-electron chi connectivity index (χ4n) is 3.51. The average molecular weight is 418 g/mol. The molecule has 2 aliphatic heterocycles. The average Bonchev–Trinajstić information content (AvgIpc) is 2.86. The Kier molecular flexibility index (Phi) is 6.34. The molecule has 0 saturated carbocycles. The first-order chi connectivity index (χ1) is 13.9. The van der Waals surface area contributed by atoms with Crippen LogP contribution in [-0.2, 0) is 14.0 Å². The minimum Gasteiger partial charge on any atom is -0.444 e. The van der Waals surface area contributed by atoms with Gasteiger partial charge in [0, 0.05) is 30.9 Å². The lowest BCUT2D eigenvalue weighted by Gasteiger charge is -2.36. The van der Waals surface area contributed by atoms with Crippen molar-refractivity contribution in [3.05, 3.63) is 12.4 Å². The van der Waals surface area contributed by atoms with Crippen molar-refractivity contribution in [3.8, 4) is 0 Å². The summed E-state index contributed by atoms with van der Waals surface area (Å²) in [4.78, 5) is 23.2. The molecule has 0 unspecified atom stereocenters. The van der Waals surface area contributed by atoms with E-state index in [1.165, 1.54) is 0 Å². The summed E-state index contributed by atoms with van der Waals surface area (Å²) in [5.41, 5.74) is -0.521. The molecular weight excluding hydrogens is 383 g/mol. The van der Waals surface area contributed by atoms with Gasteiger partial charge < -0.3 is 24.3 Å². The molecule has 2 aliphatic rings. The van der Waals surface area contributed by atoms with Crippen molar-refractivity contribution in [2.45, 2.75) is 90.6 Å². The van der Waals surface area contributed by atoms with Gasteiger partial charge in [-0.3, -0.25) is 0 Å². The second-order valence-corrected chi connectivity index (χ2v) is 10.1. The highest BCUT2D eigenvalue weighted by Crippen LogP contribution is 2.36. The van der Waals surface area contributed by atoms with E-state index < -0.39 is 23.9 Å². The highest BCUT2D eigenvalue weighted by molar-refractivity contribution is 6.61. The molecule has 1 N–H and O–H groups in total. The van der Waals surface area contributed by atoms with Gasteiger partial charge in [-0.05, 0) is 67.7 Å². The summed E-state index contributed by atoms with van der Waals surface area (Å²) in [6.45, 7) is 15.0. The number of carbonyl (C=O) groups excluding carboxylic acids is 1. The van der Waals surface area contributed by atoms with Gasteiger partial charge >= 0.3 is 13.2 Å². The van der Waals surface area contributed by atoms with Crippen molar-refractivity contribution >= 4 is 24.6 Å². The Balaban J connectivity index is 1.58. The van der Waals surface area contributed by atoms with Crippen LogP contribution in [0.4, 0.5) is 10.7 Å². The summed E-state index contributed by atoms with van der Waals surface area (Å²) in [6.07, 6.45) is 6.21. The fourth-order valence-corrected chi connectivity index (χ4v) is 3.51. The van der Waals surface area contributed by atoms with E-state index >= 15 is 0 Å². The number of nitrogens with zero attached hydrogens (tertiary/aromatic N) is 3. The monoisotopic (exact) mass is 418 g/mol. The lowest BCUT2D eigenvalue weighted by Crippen LogP contribution is -2.49. The first-order valence-electron chi connectivity index (χ1n) is 10.8. The van der Waals surface area contributed by atoms with Crippen LogP contribution in [0.2, 0.25) is 0 Å². The number of aromatic nitrogens is 2. The molecule has 1 amide bonds. The van der Waals surface area contributed by atoms with E-state index in [0.717, 1.165) is 24.7 Å². The Hall–Kier alpha value is -1.87. The molecule has 30 heavy (non-hydrogen) atoms. The molecule has 8 nitrogen and oxygen atoms in total. The first kappa shape index (κ1) is 22.8. The van der Waals surface area contributed by atoms with Gasteiger partial charge in [0.1, 0.15) is 5.60 Å². The van der Waals surface area contributed by atoms with Gasteiger partial charge in [0.15, 0.2) is 0 Å². The van der Waals surface area contributed by atoms with Gasteiger partial charge in [0.05, 0.1) is 17.2 Å². The van der Waals surface area contributed by atoms with E-state index in [2.05, 4.69) is 15.3 Å². The molecule has 1 aromatic rings. The summed E-state index contributed by atoms with van der Waals surface area (Å²) in [7, 11) is -0.481. The predicted molar refractivity (Wildman–Crippen MR) is 117 cm³/mol. The van der Waals surface area contributed by atoms with Crippen LogP contribution in [0.3, 0.4) is 0 Å². The van der Waals surface area contributed by atoms with Crippen LogP contribution >= 0.6 is 0 Å². The Morgan fingerprint density at radius 1 is 1.20 bits per heavy atom. The topological polar surface area (TPSA) is 85.8 Å². The van der Waals surface area contributed by atoms with Gasteiger partial charge in [0.25, 0.3) is 0 Å². The smallest absolute Gasteiger partial charge is 0.444 e. The van der Waals surface area contributed by atoms with Gasteiger partial charge in [-0.1, -0.05) is 0 Å². The summed E-state index contributed by atoms with van der Waals surface area (Å²) >= 11 is 0. The Morgan fingerprint density at radius 3 is 2.37 bits per heavy atom. The van der Waals surface area contributed by atoms with Crippen LogP contribution in [0, 0.1) is 0 Å². The molecule has 0 bridgehead atoms. The molecule has 0 aliphatic carbocycles. The van der Waals surface area contributed by atoms with E-state index in [1.807, 2.05) is 53.4 Å². The van der Waals surface area contributed by atoms with Crippen LogP contribution in [0.1, 0.15) is 67.7 Å². The van der Waals surface area contributed by atoms with Crippen molar-refractivity contribution in [1.82, 2.24) is 14.9 Å². The van der Waals surface area contributed by atoms with Crippen molar-refractivity contribution < 1.29 is 18.8 Å². The van der Waals surface area contributed by atoms with Gasteiger partial charge in [-0.25, -0.2) is 14.8 Å². The number of piperidine rings is 1. The maximum Gasteiger partial charge on any atom is 0.498 e. The third kappa shape index (κ3) is 5.24. The number of anilines is 1. The van der Waals surface area contributed by atoms with Crippen molar-refractivity contribution in [3.63, 3.8) is 0 Å². The molecule has 9 heteroatoms. The number of nitrogens with one attached hydrogen (secondary N) is 1. The standard InChI is InChI=1S/C21H35BN4O4/c1-19(2,3)28-18(27)26-11-9-8-10-16(26)14-25-17-23-12-15(13-24-17)22-29-20(4,5)21(6,7)30-22/h12-13,16H,8-11,14H2,1-7H3,(H,23,24,25)/t16-/m0/s1. The first-order valence-corrected chi connectivity index (χ1v) is 10.8. The zero-order chi connectivity index (χ0) is 22.2. The number of rotatable bonds is 4. The minimum atomic E-state index is -0.501. The SMILES string of the molecule is CC(C)(C)OC(=O)N1CCCC[C@H]1CNc1ncc(B2OC(C)(C)C(C)(C)O2)cn1. The molecule has 3 heterocycles. The highest BCUT2D eigenvalue weighted by Gasteiger charge is 2.52. The van der Waals surface area contributed by atoms with Gasteiger partial charge in [-0.15, -0.1) is 0 Å². The quantitative estimate of drug-likeness (QED) is 0.753. The summed E-state index contributed by atoms with van der Waals surface area (Å²) < 4.78 is 17.7. The zero-order valence-corrected chi connectivity index (χ0v) is 19.3. The van der Waals surface area contributed by atoms with Crippen LogP contribution in [0.25, 0.3) is 0 Å². The molecule has 166 valence electrons. The molecule has 3 rings (SSSR count). The molecule has 0 spiro atoms. The molecular formula is C21H35BN4O4. The van der Waals surface area contributed by atoms with Gasteiger partial charge in [0.2, 0.25) is 5.95 Å².